The molecule has 0 bridgehead atoms. The number of thioether (sulfide) groups is 1. The number of nitrogens with one attached hydrogen (secondary N) is 2. The molecule has 0 saturated heterocycles. The Labute approximate surface area is 173 Å². The highest BCUT2D eigenvalue weighted by Gasteiger charge is 2.25. The highest BCUT2D eigenvalue weighted by atomic mass is 35.5. The zero-order valence-corrected chi connectivity index (χ0v) is 17.7. The molecule has 2 N–H and O–H groups in total. The largest absolute Gasteiger partial charge is 0.326 e. The third-order valence-corrected chi connectivity index (χ3v) is 7.44. The molecule has 1 atom stereocenters. The van der Waals surface area contributed by atoms with Gasteiger partial charge < -0.3 is 10.6 Å². The number of benzene rings is 2. The number of aryl methyl sites for hydroxylation is 1. The van der Waals surface area contributed by atoms with Crippen molar-refractivity contribution in [2.24, 2.45) is 0 Å². The Kier molecular flexibility index (Phi) is 6.02. The average molecular weight is 439 g/mol. The molecule has 6 nitrogen and oxygen atoms in total. The van der Waals surface area contributed by atoms with Gasteiger partial charge in [-0.15, -0.1) is 11.8 Å². The van der Waals surface area contributed by atoms with Crippen LogP contribution in [0.4, 0.5) is 11.4 Å². The van der Waals surface area contributed by atoms with E-state index in [2.05, 4.69) is 10.6 Å². The second-order valence-corrected chi connectivity index (χ2v) is 10.4. The van der Waals surface area contributed by atoms with Crippen molar-refractivity contribution >= 4 is 56.4 Å². The number of halogens is 1. The minimum atomic E-state index is -3.68. The fourth-order valence-corrected chi connectivity index (χ4v) is 5.03. The summed E-state index contributed by atoms with van der Waals surface area (Å²) in [6.07, 6.45) is -0.191. The van der Waals surface area contributed by atoms with Crippen LogP contribution in [0, 0.1) is 6.92 Å². The van der Waals surface area contributed by atoms with E-state index in [-0.39, 0.29) is 28.2 Å². The Balaban J connectivity index is 1.69. The highest BCUT2D eigenvalue weighted by molar-refractivity contribution is 8.01. The number of carbonyl (C=O) groups is 2. The zero-order valence-electron chi connectivity index (χ0n) is 15.3. The molecule has 9 heteroatoms. The molecule has 0 fully saturated rings. The topological polar surface area (TPSA) is 92.3 Å². The van der Waals surface area contributed by atoms with Gasteiger partial charge in [-0.1, -0.05) is 17.7 Å². The molecule has 0 aliphatic carbocycles. The highest BCUT2D eigenvalue weighted by Crippen LogP contribution is 2.36. The summed E-state index contributed by atoms with van der Waals surface area (Å²) in [5.74, 6) is -0.915. The number of sulfone groups is 1. The van der Waals surface area contributed by atoms with Crippen molar-refractivity contribution in [3.8, 4) is 0 Å². The molecule has 0 saturated carbocycles. The van der Waals surface area contributed by atoms with E-state index in [4.69, 9.17) is 11.6 Å². The fourth-order valence-electron chi connectivity index (χ4n) is 2.67. The first kappa shape index (κ1) is 20.7. The van der Waals surface area contributed by atoms with Crippen LogP contribution in [-0.2, 0) is 19.4 Å². The first-order valence-electron chi connectivity index (χ1n) is 8.56. The minimum Gasteiger partial charge on any atom is -0.326 e. The van der Waals surface area contributed by atoms with Gasteiger partial charge >= 0.3 is 0 Å². The predicted octanol–water partition coefficient (Wildman–Crippen LogP) is 3.88. The summed E-state index contributed by atoms with van der Waals surface area (Å²) in [6, 6.07) is 9.73. The summed E-state index contributed by atoms with van der Waals surface area (Å²) in [6.45, 7) is 3.61. The van der Waals surface area contributed by atoms with E-state index < -0.39 is 15.7 Å². The molecule has 3 rings (SSSR count). The molecule has 0 aromatic heterocycles. The van der Waals surface area contributed by atoms with E-state index in [1.807, 2.05) is 6.92 Å². The molecule has 2 aromatic carbocycles. The molecule has 1 aliphatic rings. The lowest BCUT2D eigenvalue weighted by Gasteiger charge is -2.21. The van der Waals surface area contributed by atoms with E-state index in [1.165, 1.54) is 23.9 Å². The lowest BCUT2D eigenvalue weighted by molar-refractivity contribution is -0.116. The monoisotopic (exact) mass is 438 g/mol. The van der Waals surface area contributed by atoms with E-state index in [9.17, 15) is 18.0 Å². The lowest BCUT2D eigenvalue weighted by atomic mass is 10.2. The Morgan fingerprint density at radius 2 is 2.00 bits per heavy atom. The number of anilines is 2. The van der Waals surface area contributed by atoms with Crippen molar-refractivity contribution in [2.45, 2.75) is 35.3 Å². The maximum Gasteiger partial charge on any atom is 0.237 e. The van der Waals surface area contributed by atoms with Gasteiger partial charge in [0.25, 0.3) is 0 Å². The molecule has 1 heterocycles. The Morgan fingerprint density at radius 3 is 2.75 bits per heavy atom. The molecule has 0 radical (unpaired) electrons. The van der Waals surface area contributed by atoms with Gasteiger partial charge in [0.2, 0.25) is 11.8 Å². The number of amides is 2. The number of carbonyl (C=O) groups excluding carboxylic acids is 2. The number of hydrogen-bond acceptors (Lipinski definition) is 5. The third-order valence-electron chi connectivity index (χ3n) is 4.31. The van der Waals surface area contributed by atoms with E-state index in [0.29, 0.717) is 16.4 Å². The molecular weight excluding hydrogens is 420 g/mol. The minimum absolute atomic E-state index is 0.0773. The SMILES string of the molecule is Cc1ccc(Cl)cc1NC(=O)CCS(=O)(=O)c1ccc2c(c1)NC(=O)[C@H](C)S2. The maximum atomic E-state index is 12.6. The van der Waals surface area contributed by atoms with Gasteiger partial charge in [0.05, 0.1) is 21.6 Å². The van der Waals surface area contributed by atoms with Crippen LogP contribution in [0.2, 0.25) is 5.02 Å². The van der Waals surface area contributed by atoms with E-state index in [0.717, 1.165) is 10.5 Å². The van der Waals surface area contributed by atoms with Crippen LogP contribution in [0.5, 0.6) is 0 Å². The van der Waals surface area contributed by atoms with Crippen LogP contribution in [0.1, 0.15) is 18.9 Å². The Morgan fingerprint density at radius 1 is 1.25 bits per heavy atom. The van der Waals surface area contributed by atoms with Crippen LogP contribution < -0.4 is 10.6 Å². The molecule has 1 aliphatic heterocycles. The quantitative estimate of drug-likeness (QED) is 0.738. The zero-order chi connectivity index (χ0) is 20.5. The first-order chi connectivity index (χ1) is 13.2. The molecule has 28 heavy (non-hydrogen) atoms. The second-order valence-electron chi connectivity index (χ2n) is 6.48. The number of fused-ring (bicyclic) bond motifs is 1. The number of hydrogen-bond donors (Lipinski definition) is 2. The second kappa shape index (κ2) is 8.14. The van der Waals surface area contributed by atoms with Crippen LogP contribution in [0.15, 0.2) is 46.2 Å². The standard InChI is InChI=1S/C19H19ClN2O4S2/c1-11-3-4-13(20)9-15(11)21-18(23)7-8-28(25,26)14-5-6-17-16(10-14)22-19(24)12(2)27-17/h3-6,9-10,12H,7-8H2,1-2H3,(H,21,23)(H,22,24)/t12-/m0/s1. The summed E-state index contributed by atoms with van der Waals surface area (Å²) in [4.78, 5) is 24.9. The van der Waals surface area contributed by atoms with Gasteiger partial charge in [0.15, 0.2) is 9.84 Å². The van der Waals surface area contributed by atoms with Gasteiger partial charge in [-0.05, 0) is 49.7 Å². The third kappa shape index (κ3) is 4.68. The predicted molar refractivity (Wildman–Crippen MR) is 112 cm³/mol. The van der Waals surface area contributed by atoms with Gasteiger partial charge in [0, 0.05) is 22.0 Å². The Hall–Kier alpha value is -2.03. The van der Waals surface area contributed by atoms with Crippen molar-refractivity contribution in [3.05, 3.63) is 47.0 Å². The molecular formula is C19H19ClN2O4S2. The summed E-state index contributed by atoms with van der Waals surface area (Å²) >= 11 is 7.31. The lowest BCUT2D eigenvalue weighted by Crippen LogP contribution is -2.26. The van der Waals surface area contributed by atoms with Gasteiger partial charge in [-0.25, -0.2) is 8.42 Å². The van der Waals surface area contributed by atoms with E-state index in [1.54, 1.807) is 31.2 Å². The van der Waals surface area contributed by atoms with Crippen molar-refractivity contribution < 1.29 is 18.0 Å². The average Bonchev–Trinajstić information content (AvgIpc) is 2.64. The summed E-state index contributed by atoms with van der Waals surface area (Å²) in [5.41, 5.74) is 1.86. The normalized spacial score (nSPS) is 16.2. The van der Waals surface area contributed by atoms with Crippen molar-refractivity contribution in [3.63, 3.8) is 0 Å². The summed E-state index contributed by atoms with van der Waals surface area (Å²) in [5, 5.41) is 5.66. The van der Waals surface area contributed by atoms with Gasteiger partial charge in [0.1, 0.15) is 0 Å². The molecule has 2 amide bonds. The van der Waals surface area contributed by atoms with Crippen LogP contribution >= 0.6 is 23.4 Å². The summed E-state index contributed by atoms with van der Waals surface area (Å²) in [7, 11) is -3.68. The molecule has 2 aromatic rings. The number of rotatable bonds is 5. The summed E-state index contributed by atoms with van der Waals surface area (Å²) < 4.78 is 25.2. The van der Waals surface area contributed by atoms with Crippen LogP contribution in [0.25, 0.3) is 0 Å². The van der Waals surface area contributed by atoms with Crippen molar-refractivity contribution in [1.29, 1.82) is 0 Å². The van der Waals surface area contributed by atoms with E-state index >= 15 is 0 Å². The first-order valence-corrected chi connectivity index (χ1v) is 11.5. The van der Waals surface area contributed by atoms with Gasteiger partial charge in [-0.2, -0.15) is 0 Å². The van der Waals surface area contributed by atoms with Crippen molar-refractivity contribution in [2.75, 3.05) is 16.4 Å². The fraction of sp³-hybridized carbons (Fsp3) is 0.263. The molecule has 0 spiro atoms. The smallest absolute Gasteiger partial charge is 0.237 e. The molecule has 148 valence electrons. The Bertz CT molecular complexity index is 1050. The van der Waals surface area contributed by atoms with Crippen LogP contribution in [0.3, 0.4) is 0 Å². The van der Waals surface area contributed by atoms with Crippen LogP contribution in [-0.4, -0.2) is 31.2 Å². The van der Waals surface area contributed by atoms with Crippen molar-refractivity contribution in [1.82, 2.24) is 0 Å². The molecule has 0 unspecified atom stereocenters. The van der Waals surface area contributed by atoms with Gasteiger partial charge in [-0.3, -0.25) is 9.59 Å². The maximum absolute atomic E-state index is 12.6.